The number of rotatable bonds is 4. The van der Waals surface area contributed by atoms with Crippen LogP contribution in [0.4, 0.5) is 0 Å². The minimum atomic E-state index is 0.273. The maximum atomic E-state index is 12.6. The highest BCUT2D eigenvalue weighted by Gasteiger charge is 2.34. The van der Waals surface area contributed by atoms with Gasteiger partial charge in [0.15, 0.2) is 0 Å². The third-order valence-corrected chi connectivity index (χ3v) is 5.89. The van der Waals surface area contributed by atoms with Crippen molar-refractivity contribution in [2.24, 2.45) is 5.92 Å². The lowest BCUT2D eigenvalue weighted by Crippen LogP contribution is -2.43. The molecule has 1 amide bonds. The van der Waals surface area contributed by atoms with Gasteiger partial charge < -0.3 is 9.88 Å². The van der Waals surface area contributed by atoms with Crippen molar-refractivity contribution in [3.63, 3.8) is 0 Å². The van der Waals surface area contributed by atoms with Crippen LogP contribution in [0, 0.1) is 5.92 Å². The average Bonchev–Trinajstić information content (AvgIpc) is 3.02. The molecule has 0 saturated carbocycles. The number of amides is 1. The molecule has 2 atom stereocenters. The fourth-order valence-corrected chi connectivity index (χ4v) is 4.61. The number of H-pyrrole nitrogens is 1. The van der Waals surface area contributed by atoms with Gasteiger partial charge in [0.1, 0.15) is 0 Å². The van der Waals surface area contributed by atoms with Crippen molar-refractivity contribution in [3.8, 4) is 0 Å². The third kappa shape index (κ3) is 2.69. The van der Waals surface area contributed by atoms with E-state index in [4.69, 9.17) is 0 Å². The largest absolute Gasteiger partial charge is 0.361 e. The first-order valence-electron chi connectivity index (χ1n) is 9.41. The van der Waals surface area contributed by atoms with Crippen molar-refractivity contribution < 1.29 is 4.79 Å². The molecule has 1 aromatic heterocycles. The van der Waals surface area contributed by atoms with E-state index in [1.54, 1.807) is 0 Å². The highest BCUT2D eigenvalue weighted by Crippen LogP contribution is 2.41. The quantitative estimate of drug-likeness (QED) is 0.930. The molecule has 1 aliphatic heterocycles. The zero-order chi connectivity index (χ0) is 17.6. The van der Waals surface area contributed by atoms with Gasteiger partial charge in [-0.3, -0.25) is 9.69 Å². The van der Waals surface area contributed by atoms with Crippen LogP contribution in [0.1, 0.15) is 31.4 Å². The SMILES string of the molecule is CCN(CC)C(=O)C[C@@H]1C=C2c3cccc4[nH]cc(c34)C[C@H]2N(C)C1. The molecular weight excluding hydrogens is 310 g/mol. The fourth-order valence-electron chi connectivity index (χ4n) is 4.61. The number of hydrogen-bond acceptors (Lipinski definition) is 2. The van der Waals surface area contributed by atoms with Gasteiger partial charge in [-0.15, -0.1) is 0 Å². The van der Waals surface area contributed by atoms with E-state index in [-0.39, 0.29) is 5.91 Å². The van der Waals surface area contributed by atoms with Crippen molar-refractivity contribution in [1.82, 2.24) is 14.8 Å². The number of aromatic nitrogens is 1. The summed E-state index contributed by atoms with van der Waals surface area (Å²) in [5, 5.41) is 1.37. The molecule has 2 heterocycles. The van der Waals surface area contributed by atoms with Crippen LogP contribution < -0.4 is 0 Å². The first-order chi connectivity index (χ1) is 12.1. The number of hydrogen-bond donors (Lipinski definition) is 1. The fraction of sp³-hybridized carbons (Fsp3) is 0.476. The highest BCUT2D eigenvalue weighted by atomic mass is 16.2. The minimum absolute atomic E-state index is 0.273. The molecule has 25 heavy (non-hydrogen) atoms. The Morgan fingerprint density at radius 3 is 2.88 bits per heavy atom. The van der Waals surface area contributed by atoms with Crippen molar-refractivity contribution in [3.05, 3.63) is 41.6 Å². The number of nitrogens with zero attached hydrogens (tertiary/aromatic N) is 2. The lowest BCUT2D eigenvalue weighted by atomic mass is 9.79. The second-order valence-electron chi connectivity index (χ2n) is 7.35. The number of aromatic amines is 1. The molecule has 1 aliphatic carbocycles. The van der Waals surface area contributed by atoms with E-state index in [0.717, 1.165) is 26.1 Å². The molecule has 0 fully saturated rings. The monoisotopic (exact) mass is 337 g/mol. The van der Waals surface area contributed by atoms with E-state index in [2.05, 4.69) is 61.3 Å². The maximum absolute atomic E-state index is 12.6. The van der Waals surface area contributed by atoms with E-state index in [9.17, 15) is 4.79 Å². The van der Waals surface area contributed by atoms with E-state index in [0.29, 0.717) is 18.4 Å². The average molecular weight is 337 g/mol. The Morgan fingerprint density at radius 2 is 2.12 bits per heavy atom. The number of benzene rings is 1. The van der Waals surface area contributed by atoms with Gasteiger partial charge in [0, 0.05) is 49.2 Å². The number of carbonyl (C=O) groups excluding carboxylic acids is 1. The molecule has 2 aromatic rings. The molecule has 0 radical (unpaired) electrons. The lowest BCUT2D eigenvalue weighted by molar-refractivity contribution is -0.131. The van der Waals surface area contributed by atoms with Gasteiger partial charge >= 0.3 is 0 Å². The maximum Gasteiger partial charge on any atom is 0.223 e. The summed E-state index contributed by atoms with van der Waals surface area (Å²) in [7, 11) is 2.20. The molecule has 1 aromatic carbocycles. The topological polar surface area (TPSA) is 39.3 Å². The van der Waals surface area contributed by atoms with Gasteiger partial charge in [-0.2, -0.15) is 0 Å². The van der Waals surface area contributed by atoms with Crippen LogP contribution in [-0.2, 0) is 11.2 Å². The van der Waals surface area contributed by atoms with Crippen LogP contribution in [0.15, 0.2) is 30.5 Å². The Bertz CT molecular complexity index is 831. The molecule has 132 valence electrons. The summed E-state index contributed by atoms with van der Waals surface area (Å²) in [6.07, 6.45) is 6.21. The zero-order valence-electron chi connectivity index (χ0n) is 15.4. The molecule has 4 rings (SSSR count). The predicted octanol–water partition coefficient (Wildman–Crippen LogP) is 3.30. The van der Waals surface area contributed by atoms with Gasteiger partial charge in [0.2, 0.25) is 5.91 Å². The van der Waals surface area contributed by atoms with E-state index >= 15 is 0 Å². The van der Waals surface area contributed by atoms with Crippen molar-refractivity contribution in [2.75, 3.05) is 26.7 Å². The summed E-state index contributed by atoms with van der Waals surface area (Å²) in [6.45, 7) is 6.65. The summed E-state index contributed by atoms with van der Waals surface area (Å²) in [5.74, 6) is 0.565. The molecule has 2 aliphatic rings. The minimum Gasteiger partial charge on any atom is -0.361 e. The lowest BCUT2D eigenvalue weighted by Gasteiger charge is -2.40. The number of likely N-dealkylation sites (N-methyl/N-ethyl adjacent to an activating group) is 1. The van der Waals surface area contributed by atoms with Gasteiger partial charge in [-0.1, -0.05) is 18.2 Å². The number of carbonyl (C=O) groups is 1. The summed E-state index contributed by atoms with van der Waals surface area (Å²) in [6, 6.07) is 6.94. The van der Waals surface area contributed by atoms with Gasteiger partial charge in [-0.05, 0) is 56.0 Å². The third-order valence-electron chi connectivity index (χ3n) is 5.89. The van der Waals surface area contributed by atoms with Crippen molar-refractivity contribution >= 4 is 22.4 Å². The summed E-state index contributed by atoms with van der Waals surface area (Å²) in [5.41, 5.74) is 5.38. The molecule has 0 spiro atoms. The van der Waals surface area contributed by atoms with Crippen molar-refractivity contribution in [1.29, 1.82) is 0 Å². The molecular formula is C21H27N3O. The molecule has 1 N–H and O–H groups in total. The first kappa shape index (κ1) is 16.4. The molecule has 0 saturated heterocycles. The highest BCUT2D eigenvalue weighted by molar-refractivity contribution is 5.98. The van der Waals surface area contributed by atoms with E-state index in [1.807, 2.05) is 4.90 Å². The second-order valence-corrected chi connectivity index (χ2v) is 7.35. The van der Waals surface area contributed by atoms with Crippen LogP contribution in [-0.4, -0.2) is 53.4 Å². The van der Waals surface area contributed by atoms with Gasteiger partial charge in [0.05, 0.1) is 0 Å². The van der Waals surface area contributed by atoms with Crippen molar-refractivity contribution in [2.45, 2.75) is 32.7 Å². The zero-order valence-corrected chi connectivity index (χ0v) is 15.4. The van der Waals surface area contributed by atoms with Crippen LogP contribution in [0.25, 0.3) is 16.5 Å². The van der Waals surface area contributed by atoms with Crippen LogP contribution in [0.3, 0.4) is 0 Å². The van der Waals surface area contributed by atoms with Crippen LogP contribution >= 0.6 is 0 Å². The Labute approximate surface area is 149 Å². The number of nitrogens with one attached hydrogen (secondary N) is 1. The Morgan fingerprint density at radius 1 is 1.32 bits per heavy atom. The van der Waals surface area contributed by atoms with Gasteiger partial charge in [0.25, 0.3) is 0 Å². The van der Waals surface area contributed by atoms with E-state index in [1.165, 1.54) is 27.6 Å². The van der Waals surface area contributed by atoms with Gasteiger partial charge in [-0.25, -0.2) is 0 Å². The summed E-state index contributed by atoms with van der Waals surface area (Å²) in [4.78, 5) is 20.3. The van der Waals surface area contributed by atoms with Crippen LogP contribution in [0.5, 0.6) is 0 Å². The molecule has 4 heteroatoms. The van der Waals surface area contributed by atoms with Crippen LogP contribution in [0.2, 0.25) is 0 Å². The Kier molecular flexibility index (Phi) is 4.16. The molecule has 0 bridgehead atoms. The summed E-state index contributed by atoms with van der Waals surface area (Å²) < 4.78 is 0. The Hall–Kier alpha value is -2.07. The normalized spacial score (nSPS) is 22.6. The smallest absolute Gasteiger partial charge is 0.223 e. The molecule has 4 nitrogen and oxygen atoms in total. The molecule has 0 unspecified atom stereocenters. The predicted molar refractivity (Wildman–Crippen MR) is 102 cm³/mol. The Balaban J connectivity index is 1.69. The standard InChI is InChI=1S/C21H27N3O/c1-4-24(5-2)20(25)10-14-9-17-16-7-6-8-18-21(16)15(12-22-18)11-19(17)23(3)13-14/h6-9,12,14,19,22H,4-5,10-11,13H2,1-3H3/t14-,19+/m0/s1. The summed E-state index contributed by atoms with van der Waals surface area (Å²) >= 11 is 0. The first-order valence-corrected chi connectivity index (χ1v) is 9.41. The second kappa shape index (κ2) is 6.34. The number of fused-ring (bicyclic) bond motifs is 2. The van der Waals surface area contributed by atoms with E-state index < -0.39 is 0 Å².